The Balaban J connectivity index is 1.22. The second-order valence-electron chi connectivity index (χ2n) is 10.1. The number of benzene rings is 3. The molecule has 1 aliphatic heterocycles. The molecule has 6 rings (SSSR count). The molecule has 0 radical (unpaired) electrons. The van der Waals surface area contributed by atoms with Crippen molar-refractivity contribution in [2.75, 3.05) is 31.5 Å². The number of hydrogen-bond donors (Lipinski definition) is 3. The second kappa shape index (κ2) is 11.4. The van der Waals surface area contributed by atoms with Gasteiger partial charge in [-0.15, -0.1) is 0 Å². The number of fused-ring (bicyclic) bond motifs is 1. The van der Waals surface area contributed by atoms with Crippen LogP contribution in [0.25, 0.3) is 33.2 Å². The lowest BCUT2D eigenvalue weighted by molar-refractivity contribution is 0.0950. The Hall–Kier alpha value is -4.93. The Morgan fingerprint density at radius 3 is 2.60 bits per heavy atom. The number of nitrogens with zero attached hydrogens (tertiary/aromatic N) is 3. The van der Waals surface area contributed by atoms with Gasteiger partial charge in [0, 0.05) is 59.4 Å². The molecule has 40 heavy (non-hydrogen) atoms. The molecule has 1 fully saturated rings. The maximum absolute atomic E-state index is 12.6. The van der Waals surface area contributed by atoms with Crippen molar-refractivity contribution in [3.8, 4) is 28.3 Å². The molecular formula is C33H30N6O. The fourth-order valence-electron chi connectivity index (χ4n) is 5.29. The topological polar surface area (TPSA) is 96.8 Å². The molecule has 3 N–H and O–H groups in total. The average molecular weight is 527 g/mol. The van der Waals surface area contributed by atoms with Gasteiger partial charge in [0.1, 0.15) is 6.07 Å². The highest BCUT2D eigenvalue weighted by atomic mass is 16.1. The van der Waals surface area contributed by atoms with Crippen molar-refractivity contribution < 1.29 is 4.79 Å². The minimum Gasteiger partial charge on any atom is -0.361 e. The summed E-state index contributed by atoms with van der Waals surface area (Å²) in [5.41, 5.74) is 7.58. The van der Waals surface area contributed by atoms with E-state index in [0.29, 0.717) is 23.4 Å². The summed E-state index contributed by atoms with van der Waals surface area (Å²) in [5.74, 6) is -0.0487. The van der Waals surface area contributed by atoms with E-state index >= 15 is 0 Å². The van der Waals surface area contributed by atoms with Crippen LogP contribution < -0.4 is 10.6 Å². The van der Waals surface area contributed by atoms with Gasteiger partial charge in [-0.1, -0.05) is 30.3 Å². The van der Waals surface area contributed by atoms with E-state index < -0.39 is 0 Å². The minimum atomic E-state index is -0.0487. The van der Waals surface area contributed by atoms with Gasteiger partial charge in [-0.05, 0) is 85.1 Å². The first kappa shape index (κ1) is 25.4. The van der Waals surface area contributed by atoms with Crippen LogP contribution in [0.5, 0.6) is 0 Å². The first-order chi connectivity index (χ1) is 19.7. The standard InChI is InChI=1S/C33H30N6O/c34-20-28-21-35-22-30(32(28)38-29-10-11-31-27(19-29)12-13-36-31)26-5-3-4-25(18-26)23-6-8-24(9-7-23)33(40)37-14-17-39-15-1-2-16-39/h3-13,18-19,21-22,36H,1-2,14-17H2,(H,35,38)(H,37,40). The molecule has 7 heteroatoms. The van der Waals surface area contributed by atoms with Crippen molar-refractivity contribution in [2.45, 2.75) is 12.8 Å². The van der Waals surface area contributed by atoms with Crippen LogP contribution in [-0.4, -0.2) is 47.0 Å². The number of nitrogens with one attached hydrogen (secondary N) is 3. The number of carbonyl (C=O) groups excluding carboxylic acids is 1. The van der Waals surface area contributed by atoms with Crippen LogP contribution in [0.2, 0.25) is 0 Å². The fourth-order valence-corrected chi connectivity index (χ4v) is 5.29. The fraction of sp³-hybridized carbons (Fsp3) is 0.182. The molecule has 0 saturated carbocycles. The van der Waals surface area contributed by atoms with Crippen LogP contribution >= 0.6 is 0 Å². The minimum absolute atomic E-state index is 0.0487. The predicted molar refractivity (Wildman–Crippen MR) is 159 cm³/mol. The molecule has 0 unspecified atom stereocenters. The Morgan fingerprint density at radius 1 is 0.950 bits per heavy atom. The van der Waals surface area contributed by atoms with Crippen LogP contribution in [0.1, 0.15) is 28.8 Å². The molecule has 0 bridgehead atoms. The van der Waals surface area contributed by atoms with E-state index in [1.807, 2.05) is 66.9 Å². The second-order valence-corrected chi connectivity index (χ2v) is 10.1. The number of nitriles is 1. The predicted octanol–water partition coefficient (Wildman–Crippen LogP) is 6.34. The summed E-state index contributed by atoms with van der Waals surface area (Å²) in [4.78, 5) is 22.6. The van der Waals surface area contributed by atoms with Crippen LogP contribution in [0.15, 0.2) is 91.4 Å². The van der Waals surface area contributed by atoms with Gasteiger partial charge in [0.25, 0.3) is 5.91 Å². The number of carbonyl (C=O) groups is 1. The molecule has 0 spiro atoms. The van der Waals surface area contributed by atoms with Crippen molar-refractivity contribution in [1.82, 2.24) is 20.2 Å². The van der Waals surface area contributed by atoms with Crippen molar-refractivity contribution in [3.63, 3.8) is 0 Å². The van der Waals surface area contributed by atoms with E-state index in [4.69, 9.17) is 0 Å². The molecule has 198 valence electrons. The van der Waals surface area contributed by atoms with Gasteiger partial charge >= 0.3 is 0 Å². The van der Waals surface area contributed by atoms with Crippen LogP contribution in [0, 0.1) is 11.3 Å². The number of likely N-dealkylation sites (tertiary alicyclic amines) is 1. The molecule has 2 aromatic heterocycles. The van der Waals surface area contributed by atoms with Crippen molar-refractivity contribution >= 4 is 28.2 Å². The lowest BCUT2D eigenvalue weighted by Crippen LogP contribution is -2.33. The smallest absolute Gasteiger partial charge is 0.251 e. The third kappa shape index (κ3) is 5.44. The summed E-state index contributed by atoms with van der Waals surface area (Å²) < 4.78 is 0. The molecule has 1 aliphatic rings. The van der Waals surface area contributed by atoms with Crippen molar-refractivity contribution in [1.29, 1.82) is 5.26 Å². The zero-order chi connectivity index (χ0) is 27.3. The van der Waals surface area contributed by atoms with E-state index in [0.717, 1.165) is 58.5 Å². The van der Waals surface area contributed by atoms with E-state index in [-0.39, 0.29) is 5.91 Å². The lowest BCUT2D eigenvalue weighted by atomic mass is 9.97. The largest absolute Gasteiger partial charge is 0.361 e. The molecule has 0 aliphatic carbocycles. The van der Waals surface area contributed by atoms with Gasteiger partial charge in [0.15, 0.2) is 0 Å². The molecule has 5 aromatic rings. The molecule has 3 heterocycles. The first-order valence-electron chi connectivity index (χ1n) is 13.6. The summed E-state index contributed by atoms with van der Waals surface area (Å²) in [7, 11) is 0. The number of aromatic amines is 1. The Bertz CT molecular complexity index is 1690. The summed E-state index contributed by atoms with van der Waals surface area (Å²) in [5, 5.41) is 17.4. The van der Waals surface area contributed by atoms with E-state index in [1.165, 1.54) is 12.8 Å². The summed E-state index contributed by atoms with van der Waals surface area (Å²) in [6.07, 6.45) is 7.78. The number of aromatic nitrogens is 2. The van der Waals surface area contributed by atoms with Gasteiger partial charge in [-0.2, -0.15) is 5.26 Å². The molecule has 1 saturated heterocycles. The van der Waals surface area contributed by atoms with Crippen LogP contribution in [-0.2, 0) is 0 Å². The maximum Gasteiger partial charge on any atom is 0.251 e. The van der Waals surface area contributed by atoms with Gasteiger partial charge in [-0.3, -0.25) is 9.78 Å². The van der Waals surface area contributed by atoms with Crippen LogP contribution in [0.3, 0.4) is 0 Å². The van der Waals surface area contributed by atoms with E-state index in [9.17, 15) is 10.1 Å². The third-order valence-corrected chi connectivity index (χ3v) is 7.46. The monoisotopic (exact) mass is 526 g/mol. The van der Waals surface area contributed by atoms with Gasteiger partial charge in [-0.25, -0.2) is 0 Å². The number of amides is 1. The SMILES string of the molecule is N#Cc1cncc(-c2cccc(-c3ccc(C(=O)NCCN4CCCC4)cc3)c2)c1Nc1ccc2[nH]ccc2c1. The normalized spacial score (nSPS) is 13.3. The summed E-state index contributed by atoms with van der Waals surface area (Å²) in [6.45, 7) is 3.81. The summed E-state index contributed by atoms with van der Waals surface area (Å²) in [6, 6.07) is 26.2. The number of pyridine rings is 1. The molecule has 7 nitrogen and oxygen atoms in total. The zero-order valence-corrected chi connectivity index (χ0v) is 22.2. The highest BCUT2D eigenvalue weighted by Gasteiger charge is 2.14. The van der Waals surface area contributed by atoms with E-state index in [1.54, 1.807) is 12.4 Å². The Kier molecular flexibility index (Phi) is 7.25. The molecule has 0 atom stereocenters. The molecule has 1 amide bonds. The number of anilines is 2. The molecule has 3 aromatic carbocycles. The molecular weight excluding hydrogens is 496 g/mol. The quantitative estimate of drug-likeness (QED) is 0.219. The average Bonchev–Trinajstić information content (AvgIpc) is 3.69. The van der Waals surface area contributed by atoms with Crippen molar-refractivity contribution in [2.24, 2.45) is 0 Å². The Morgan fingerprint density at radius 2 is 1.77 bits per heavy atom. The van der Waals surface area contributed by atoms with Gasteiger partial charge < -0.3 is 20.5 Å². The number of hydrogen-bond acceptors (Lipinski definition) is 5. The highest BCUT2D eigenvalue weighted by Crippen LogP contribution is 2.35. The van der Waals surface area contributed by atoms with Crippen LogP contribution in [0.4, 0.5) is 11.4 Å². The zero-order valence-electron chi connectivity index (χ0n) is 22.2. The number of rotatable bonds is 8. The Labute approximate surface area is 233 Å². The first-order valence-corrected chi connectivity index (χ1v) is 13.6. The summed E-state index contributed by atoms with van der Waals surface area (Å²) >= 11 is 0. The van der Waals surface area contributed by atoms with E-state index in [2.05, 4.69) is 43.7 Å². The number of H-pyrrole nitrogens is 1. The maximum atomic E-state index is 12.6. The van der Waals surface area contributed by atoms with Gasteiger partial charge in [0.2, 0.25) is 0 Å². The van der Waals surface area contributed by atoms with Gasteiger partial charge in [0.05, 0.1) is 11.3 Å². The third-order valence-electron chi connectivity index (χ3n) is 7.46. The lowest BCUT2D eigenvalue weighted by Gasteiger charge is -2.15. The van der Waals surface area contributed by atoms with Crippen molar-refractivity contribution in [3.05, 3.63) is 103 Å². The highest BCUT2D eigenvalue weighted by molar-refractivity contribution is 5.95.